The van der Waals surface area contributed by atoms with Crippen LogP contribution in [0, 0.1) is 12.7 Å². The molecule has 1 N–H and O–H groups in total. The van der Waals surface area contributed by atoms with E-state index in [2.05, 4.69) is 5.32 Å². The molecule has 1 aromatic carbocycles. The number of fused-ring (bicyclic) bond motifs is 1. The predicted octanol–water partition coefficient (Wildman–Crippen LogP) is 1.26. The molecule has 0 unspecified atom stereocenters. The van der Waals surface area contributed by atoms with Crippen LogP contribution in [0.15, 0.2) is 12.1 Å². The van der Waals surface area contributed by atoms with Crippen molar-refractivity contribution in [2.75, 3.05) is 13.2 Å². The Kier molecular flexibility index (Phi) is 2.11. The van der Waals surface area contributed by atoms with Crippen molar-refractivity contribution in [3.8, 4) is 5.75 Å². The molecule has 0 radical (unpaired) electrons. The van der Waals surface area contributed by atoms with Crippen LogP contribution in [0.1, 0.15) is 15.9 Å². The third kappa shape index (κ3) is 1.32. The highest BCUT2D eigenvalue weighted by molar-refractivity contribution is 5.98. The lowest BCUT2D eigenvalue weighted by Gasteiger charge is -2.08. The molecule has 1 heterocycles. The molecule has 2 rings (SSSR count). The van der Waals surface area contributed by atoms with Crippen LogP contribution < -0.4 is 10.1 Å². The molecule has 0 atom stereocenters. The second kappa shape index (κ2) is 3.29. The van der Waals surface area contributed by atoms with E-state index in [1.54, 1.807) is 13.0 Å². The van der Waals surface area contributed by atoms with Gasteiger partial charge in [0.15, 0.2) is 11.6 Å². The fourth-order valence-corrected chi connectivity index (χ4v) is 1.49. The largest absolute Gasteiger partial charge is 0.488 e. The average molecular weight is 195 g/mol. The van der Waals surface area contributed by atoms with Gasteiger partial charge >= 0.3 is 0 Å². The number of hydrogen-bond donors (Lipinski definition) is 1. The quantitative estimate of drug-likeness (QED) is 0.676. The number of amides is 1. The smallest absolute Gasteiger partial charge is 0.255 e. The molecule has 3 nitrogen and oxygen atoms in total. The molecule has 0 aromatic heterocycles. The van der Waals surface area contributed by atoms with E-state index < -0.39 is 5.82 Å². The fraction of sp³-hybridized carbons (Fsp3) is 0.300. The maximum absolute atomic E-state index is 13.3. The van der Waals surface area contributed by atoms with Gasteiger partial charge in [-0.3, -0.25) is 4.79 Å². The lowest BCUT2D eigenvalue weighted by molar-refractivity contribution is 0.0956. The summed E-state index contributed by atoms with van der Waals surface area (Å²) in [6.45, 7) is 2.47. The molecule has 14 heavy (non-hydrogen) atoms. The molecule has 1 amide bonds. The highest BCUT2D eigenvalue weighted by Crippen LogP contribution is 2.26. The number of hydrogen-bond acceptors (Lipinski definition) is 2. The van der Waals surface area contributed by atoms with Gasteiger partial charge in [0.05, 0.1) is 12.1 Å². The Balaban J connectivity index is 2.62. The molecule has 0 spiro atoms. The van der Waals surface area contributed by atoms with Crippen LogP contribution in [0.25, 0.3) is 0 Å². The summed E-state index contributed by atoms with van der Waals surface area (Å²) < 4.78 is 18.5. The second-order valence-corrected chi connectivity index (χ2v) is 3.17. The molecule has 1 aromatic rings. The zero-order valence-corrected chi connectivity index (χ0v) is 7.76. The summed E-state index contributed by atoms with van der Waals surface area (Å²) in [6, 6.07) is 2.88. The Bertz CT molecular complexity index is 390. The molecule has 0 bridgehead atoms. The van der Waals surface area contributed by atoms with Gasteiger partial charge in [-0.1, -0.05) is 6.07 Å². The standard InChI is InChI=1S/C10H10FNO2/c1-6-2-3-7(11)9-8(6)10(13)12-4-5-14-9/h2-3H,4-5H2,1H3,(H,12,13). The van der Waals surface area contributed by atoms with Gasteiger partial charge in [-0.05, 0) is 18.6 Å². The highest BCUT2D eigenvalue weighted by Gasteiger charge is 2.21. The number of carbonyl (C=O) groups excluding carboxylic acids is 1. The van der Waals surface area contributed by atoms with Crippen molar-refractivity contribution in [3.05, 3.63) is 29.1 Å². The number of aryl methyl sites for hydroxylation is 1. The van der Waals surface area contributed by atoms with Crippen molar-refractivity contribution in [1.29, 1.82) is 0 Å². The van der Waals surface area contributed by atoms with Crippen molar-refractivity contribution in [2.24, 2.45) is 0 Å². The fourth-order valence-electron chi connectivity index (χ4n) is 1.49. The summed E-state index contributed by atoms with van der Waals surface area (Å²) in [5.41, 5.74) is 1.03. The number of ether oxygens (including phenoxy) is 1. The van der Waals surface area contributed by atoms with Gasteiger partial charge in [0.1, 0.15) is 6.61 Å². The number of carbonyl (C=O) groups is 1. The van der Waals surface area contributed by atoms with Crippen molar-refractivity contribution in [2.45, 2.75) is 6.92 Å². The van der Waals surface area contributed by atoms with Gasteiger partial charge < -0.3 is 10.1 Å². The van der Waals surface area contributed by atoms with E-state index in [0.29, 0.717) is 18.7 Å². The third-order valence-corrected chi connectivity index (χ3v) is 2.18. The number of halogens is 1. The first kappa shape index (κ1) is 8.99. The lowest BCUT2D eigenvalue weighted by Crippen LogP contribution is -2.24. The molecule has 0 aliphatic carbocycles. The summed E-state index contributed by atoms with van der Waals surface area (Å²) in [5, 5.41) is 2.64. The van der Waals surface area contributed by atoms with Crippen LogP contribution in [0.4, 0.5) is 4.39 Å². The molecular formula is C10H10FNO2. The Labute approximate surface area is 80.9 Å². The first-order valence-corrected chi connectivity index (χ1v) is 4.40. The van der Waals surface area contributed by atoms with Gasteiger partial charge in [-0.2, -0.15) is 0 Å². The first-order valence-electron chi connectivity index (χ1n) is 4.40. The molecule has 74 valence electrons. The van der Waals surface area contributed by atoms with Crippen molar-refractivity contribution in [3.63, 3.8) is 0 Å². The highest BCUT2D eigenvalue weighted by atomic mass is 19.1. The van der Waals surface area contributed by atoms with Gasteiger partial charge in [0, 0.05) is 0 Å². The minimum absolute atomic E-state index is 0.0694. The normalized spacial score (nSPS) is 15.1. The molecule has 0 saturated heterocycles. The van der Waals surface area contributed by atoms with Crippen LogP contribution in [0.5, 0.6) is 5.75 Å². The summed E-state index contributed by atoms with van der Waals surface area (Å²) in [7, 11) is 0. The molecule has 1 aliphatic rings. The molecule has 0 fully saturated rings. The Hall–Kier alpha value is -1.58. The van der Waals surface area contributed by atoms with E-state index in [1.165, 1.54) is 6.07 Å². The number of benzene rings is 1. The summed E-state index contributed by atoms with van der Waals surface area (Å²) in [5.74, 6) is -0.683. The number of rotatable bonds is 0. The number of nitrogens with one attached hydrogen (secondary N) is 1. The minimum atomic E-state index is -0.484. The monoisotopic (exact) mass is 195 g/mol. The topological polar surface area (TPSA) is 38.3 Å². The lowest BCUT2D eigenvalue weighted by atomic mass is 10.1. The van der Waals surface area contributed by atoms with Crippen molar-refractivity contribution < 1.29 is 13.9 Å². The minimum Gasteiger partial charge on any atom is -0.488 e. The van der Waals surface area contributed by atoms with E-state index in [-0.39, 0.29) is 11.7 Å². The summed E-state index contributed by atoms with van der Waals surface area (Å²) in [6.07, 6.45) is 0. The first-order chi connectivity index (χ1) is 6.70. The Morgan fingerprint density at radius 2 is 2.29 bits per heavy atom. The van der Waals surface area contributed by atoms with Crippen LogP contribution >= 0.6 is 0 Å². The molecule has 4 heteroatoms. The van der Waals surface area contributed by atoms with E-state index in [1.807, 2.05) is 0 Å². The molecular weight excluding hydrogens is 185 g/mol. The van der Waals surface area contributed by atoms with E-state index in [4.69, 9.17) is 4.74 Å². The second-order valence-electron chi connectivity index (χ2n) is 3.17. The van der Waals surface area contributed by atoms with Crippen LogP contribution in [-0.4, -0.2) is 19.1 Å². The van der Waals surface area contributed by atoms with E-state index in [9.17, 15) is 9.18 Å². The Morgan fingerprint density at radius 1 is 1.50 bits per heavy atom. The maximum Gasteiger partial charge on any atom is 0.255 e. The maximum atomic E-state index is 13.3. The van der Waals surface area contributed by atoms with Crippen LogP contribution in [-0.2, 0) is 0 Å². The molecule has 1 aliphatic heterocycles. The van der Waals surface area contributed by atoms with E-state index >= 15 is 0 Å². The van der Waals surface area contributed by atoms with Gasteiger partial charge in [-0.25, -0.2) is 4.39 Å². The summed E-state index contributed by atoms with van der Waals surface area (Å²) >= 11 is 0. The zero-order valence-electron chi connectivity index (χ0n) is 7.76. The predicted molar refractivity (Wildman–Crippen MR) is 49.0 cm³/mol. The van der Waals surface area contributed by atoms with Gasteiger partial charge in [0.25, 0.3) is 5.91 Å². The zero-order chi connectivity index (χ0) is 10.1. The third-order valence-electron chi connectivity index (χ3n) is 2.18. The van der Waals surface area contributed by atoms with Crippen molar-refractivity contribution >= 4 is 5.91 Å². The van der Waals surface area contributed by atoms with Crippen molar-refractivity contribution in [1.82, 2.24) is 5.32 Å². The van der Waals surface area contributed by atoms with Gasteiger partial charge in [0.2, 0.25) is 0 Å². The average Bonchev–Trinajstić information content (AvgIpc) is 2.35. The van der Waals surface area contributed by atoms with Crippen LogP contribution in [0.2, 0.25) is 0 Å². The SMILES string of the molecule is Cc1ccc(F)c2c1C(=O)NCCO2. The van der Waals surface area contributed by atoms with Gasteiger partial charge in [-0.15, -0.1) is 0 Å². The van der Waals surface area contributed by atoms with Crippen LogP contribution in [0.3, 0.4) is 0 Å². The van der Waals surface area contributed by atoms with E-state index in [0.717, 1.165) is 5.56 Å². The Morgan fingerprint density at radius 3 is 3.07 bits per heavy atom. The summed E-state index contributed by atoms with van der Waals surface area (Å²) in [4.78, 5) is 11.5. The molecule has 0 saturated carbocycles.